The topological polar surface area (TPSA) is 33.1 Å². The van der Waals surface area contributed by atoms with Gasteiger partial charge in [0, 0.05) is 30.7 Å². The molecule has 0 radical (unpaired) electrons. The Kier molecular flexibility index (Phi) is 5.18. The summed E-state index contributed by atoms with van der Waals surface area (Å²) >= 11 is 5.79. The van der Waals surface area contributed by atoms with Crippen LogP contribution in [0, 0.1) is 13.8 Å². The fourth-order valence-electron chi connectivity index (χ4n) is 4.31. The predicted octanol–water partition coefficient (Wildman–Crippen LogP) is 4.69. The van der Waals surface area contributed by atoms with Crippen molar-refractivity contribution in [1.29, 1.82) is 0 Å². The molecule has 2 atom stereocenters. The predicted molar refractivity (Wildman–Crippen MR) is 117 cm³/mol. The van der Waals surface area contributed by atoms with Gasteiger partial charge in [-0.25, -0.2) is 0 Å². The summed E-state index contributed by atoms with van der Waals surface area (Å²) in [6.07, 6.45) is 1.85. The molecule has 28 heavy (non-hydrogen) atoms. The maximum absolute atomic E-state index is 5.79. The van der Waals surface area contributed by atoms with Crippen LogP contribution in [-0.4, -0.2) is 19.6 Å². The van der Waals surface area contributed by atoms with Gasteiger partial charge in [-0.15, -0.1) is 0 Å². The SMILES string of the molecule is CCn1c(C)cc([C@@H]2[C@H](c3ccccn3)NC(=S)N2Cc2ccccc2)c1C. The summed E-state index contributed by atoms with van der Waals surface area (Å²) in [4.78, 5) is 6.95. The van der Waals surface area contributed by atoms with E-state index in [1.54, 1.807) is 0 Å². The maximum Gasteiger partial charge on any atom is 0.170 e. The van der Waals surface area contributed by atoms with E-state index in [4.69, 9.17) is 12.2 Å². The summed E-state index contributed by atoms with van der Waals surface area (Å²) < 4.78 is 2.37. The molecule has 144 valence electrons. The molecule has 4 nitrogen and oxygen atoms in total. The monoisotopic (exact) mass is 390 g/mol. The molecule has 1 aromatic carbocycles. The average molecular weight is 391 g/mol. The van der Waals surface area contributed by atoms with Crippen molar-refractivity contribution in [3.05, 3.63) is 89.0 Å². The Labute approximate surface area is 172 Å². The third kappa shape index (κ3) is 3.31. The number of nitrogens with one attached hydrogen (secondary N) is 1. The number of rotatable bonds is 5. The summed E-state index contributed by atoms with van der Waals surface area (Å²) in [7, 11) is 0. The first-order chi connectivity index (χ1) is 13.6. The van der Waals surface area contributed by atoms with Crippen LogP contribution in [-0.2, 0) is 13.1 Å². The zero-order valence-corrected chi connectivity index (χ0v) is 17.4. The van der Waals surface area contributed by atoms with E-state index in [9.17, 15) is 0 Å². The minimum Gasteiger partial charge on any atom is -0.352 e. The maximum atomic E-state index is 5.79. The van der Waals surface area contributed by atoms with Crippen LogP contribution in [0.1, 0.15) is 47.2 Å². The molecule has 0 aliphatic carbocycles. The van der Waals surface area contributed by atoms with Crippen molar-refractivity contribution in [3.8, 4) is 0 Å². The quantitative estimate of drug-likeness (QED) is 0.641. The second kappa shape index (κ2) is 7.76. The van der Waals surface area contributed by atoms with Crippen LogP contribution in [0.4, 0.5) is 0 Å². The van der Waals surface area contributed by atoms with E-state index in [2.05, 4.69) is 76.9 Å². The number of aryl methyl sites for hydroxylation is 1. The van der Waals surface area contributed by atoms with Gasteiger partial charge >= 0.3 is 0 Å². The Balaban J connectivity index is 1.80. The first kappa shape index (κ1) is 18.7. The van der Waals surface area contributed by atoms with Gasteiger partial charge in [0.1, 0.15) is 0 Å². The van der Waals surface area contributed by atoms with Crippen molar-refractivity contribution in [3.63, 3.8) is 0 Å². The van der Waals surface area contributed by atoms with Crippen LogP contribution >= 0.6 is 12.2 Å². The van der Waals surface area contributed by atoms with E-state index in [0.717, 1.165) is 23.9 Å². The van der Waals surface area contributed by atoms with E-state index >= 15 is 0 Å². The molecule has 0 spiro atoms. The Bertz CT molecular complexity index is 965. The summed E-state index contributed by atoms with van der Waals surface area (Å²) in [5.74, 6) is 0. The highest BCUT2D eigenvalue weighted by molar-refractivity contribution is 7.80. The van der Waals surface area contributed by atoms with Crippen LogP contribution in [0.3, 0.4) is 0 Å². The van der Waals surface area contributed by atoms with Gasteiger partial charge in [0.2, 0.25) is 0 Å². The van der Waals surface area contributed by atoms with Gasteiger partial charge in [0.25, 0.3) is 0 Å². The number of hydrogen-bond donors (Lipinski definition) is 1. The van der Waals surface area contributed by atoms with Gasteiger partial charge < -0.3 is 14.8 Å². The van der Waals surface area contributed by atoms with Crippen molar-refractivity contribution in [1.82, 2.24) is 19.8 Å². The largest absolute Gasteiger partial charge is 0.352 e. The third-order valence-electron chi connectivity index (χ3n) is 5.64. The highest BCUT2D eigenvalue weighted by atomic mass is 32.1. The Morgan fingerprint density at radius 1 is 1.07 bits per heavy atom. The molecular formula is C23H26N4S. The molecular weight excluding hydrogens is 364 g/mol. The minimum absolute atomic E-state index is 0.0308. The van der Waals surface area contributed by atoms with Crippen LogP contribution in [0.5, 0.6) is 0 Å². The third-order valence-corrected chi connectivity index (χ3v) is 5.99. The summed E-state index contributed by atoms with van der Waals surface area (Å²) in [6, 6.07) is 19.0. The fraction of sp³-hybridized carbons (Fsp3) is 0.304. The summed E-state index contributed by atoms with van der Waals surface area (Å²) in [5, 5.41) is 4.33. The fourth-order valence-corrected chi connectivity index (χ4v) is 4.61. The second-order valence-electron chi connectivity index (χ2n) is 7.31. The smallest absolute Gasteiger partial charge is 0.170 e. The van der Waals surface area contributed by atoms with E-state index in [0.29, 0.717) is 0 Å². The van der Waals surface area contributed by atoms with Crippen molar-refractivity contribution in [2.24, 2.45) is 0 Å². The van der Waals surface area contributed by atoms with Crippen molar-refractivity contribution < 1.29 is 0 Å². The Morgan fingerprint density at radius 3 is 2.46 bits per heavy atom. The molecule has 1 aliphatic rings. The lowest BCUT2D eigenvalue weighted by molar-refractivity contribution is 0.310. The molecule has 1 N–H and O–H groups in total. The van der Waals surface area contributed by atoms with Gasteiger partial charge in [-0.3, -0.25) is 4.98 Å². The molecule has 3 aromatic rings. The van der Waals surface area contributed by atoms with Crippen LogP contribution in [0.2, 0.25) is 0 Å². The molecule has 1 aliphatic heterocycles. The molecule has 0 saturated carbocycles. The molecule has 0 bridgehead atoms. The van der Waals surface area contributed by atoms with Gasteiger partial charge in [0.05, 0.1) is 17.8 Å². The highest BCUT2D eigenvalue weighted by Gasteiger charge is 2.41. The average Bonchev–Trinajstić information content (AvgIpc) is 3.19. The van der Waals surface area contributed by atoms with Crippen molar-refractivity contribution in [2.75, 3.05) is 0 Å². The molecule has 4 rings (SSSR count). The highest BCUT2D eigenvalue weighted by Crippen LogP contribution is 2.41. The number of hydrogen-bond acceptors (Lipinski definition) is 2. The standard InChI is InChI=1S/C23H26N4S/c1-4-26-16(2)14-19(17(26)3)22-21(20-12-8-9-13-24-20)25-23(28)27(22)15-18-10-6-5-7-11-18/h5-14,21-22H,4,15H2,1-3H3,(H,25,28)/t21-,22+/m0/s1. The zero-order valence-electron chi connectivity index (χ0n) is 16.6. The lowest BCUT2D eigenvalue weighted by atomic mass is 9.96. The van der Waals surface area contributed by atoms with Crippen LogP contribution < -0.4 is 5.32 Å². The Hall–Kier alpha value is -2.66. The van der Waals surface area contributed by atoms with Gasteiger partial charge in [-0.1, -0.05) is 36.4 Å². The van der Waals surface area contributed by atoms with Crippen LogP contribution in [0.25, 0.3) is 0 Å². The van der Waals surface area contributed by atoms with E-state index < -0.39 is 0 Å². The zero-order chi connectivity index (χ0) is 19.7. The number of thiocarbonyl (C=S) groups is 1. The second-order valence-corrected chi connectivity index (χ2v) is 7.70. The lowest BCUT2D eigenvalue weighted by Crippen LogP contribution is -2.29. The Morgan fingerprint density at radius 2 is 1.82 bits per heavy atom. The van der Waals surface area contributed by atoms with Gasteiger partial charge in [0.15, 0.2) is 5.11 Å². The molecule has 0 unspecified atom stereocenters. The van der Waals surface area contributed by atoms with E-state index in [1.807, 2.05) is 24.4 Å². The molecule has 2 aromatic heterocycles. The number of nitrogens with zero attached hydrogens (tertiary/aromatic N) is 3. The molecule has 3 heterocycles. The molecule has 1 saturated heterocycles. The first-order valence-corrected chi connectivity index (χ1v) is 10.2. The number of aromatic nitrogens is 2. The number of pyridine rings is 1. The van der Waals surface area contributed by atoms with Crippen molar-refractivity contribution >= 4 is 17.3 Å². The van der Waals surface area contributed by atoms with E-state index in [-0.39, 0.29) is 12.1 Å². The van der Waals surface area contributed by atoms with Gasteiger partial charge in [-0.05, 0) is 62.3 Å². The number of benzene rings is 1. The van der Waals surface area contributed by atoms with Crippen LogP contribution in [0.15, 0.2) is 60.8 Å². The summed E-state index contributed by atoms with van der Waals surface area (Å²) in [5.41, 5.74) is 6.18. The summed E-state index contributed by atoms with van der Waals surface area (Å²) in [6.45, 7) is 8.33. The molecule has 0 amide bonds. The first-order valence-electron chi connectivity index (χ1n) is 9.78. The van der Waals surface area contributed by atoms with E-state index in [1.165, 1.54) is 22.5 Å². The minimum atomic E-state index is 0.0308. The molecule has 5 heteroatoms. The van der Waals surface area contributed by atoms with Gasteiger partial charge in [-0.2, -0.15) is 0 Å². The normalized spacial score (nSPS) is 19.1. The lowest BCUT2D eigenvalue weighted by Gasteiger charge is -2.28. The van der Waals surface area contributed by atoms with Crippen molar-refractivity contribution in [2.45, 2.75) is 45.9 Å². The molecule has 1 fully saturated rings.